The molecule has 0 aromatic rings. The maximum absolute atomic E-state index is 11.3. The lowest BCUT2D eigenvalue weighted by atomic mass is 9.99. The van der Waals surface area contributed by atoms with Crippen molar-refractivity contribution in [1.82, 2.24) is 0 Å². The highest BCUT2D eigenvalue weighted by atomic mass is 32.2. The normalized spacial score (nSPS) is 20.3. The Kier molecular flexibility index (Phi) is 6.63. The Labute approximate surface area is 109 Å². The first kappa shape index (κ1) is 15.4. The first-order valence-electron chi connectivity index (χ1n) is 6.62. The fourth-order valence-corrected chi connectivity index (χ4v) is 2.62. The molecule has 1 aliphatic carbocycles. The second-order valence-electron chi connectivity index (χ2n) is 4.89. The number of ether oxygens (including phenoxy) is 1. The molecule has 0 heterocycles. The molecule has 106 valence electrons. The van der Waals surface area contributed by atoms with Crippen molar-refractivity contribution in [3.05, 3.63) is 0 Å². The molecule has 0 radical (unpaired) electrons. The lowest BCUT2D eigenvalue weighted by Gasteiger charge is -2.18. The molecule has 0 bridgehead atoms. The third kappa shape index (κ3) is 7.66. The zero-order chi connectivity index (χ0) is 13.4. The molecule has 0 aromatic carbocycles. The number of carbonyl (C=O) groups is 1. The highest BCUT2D eigenvalue weighted by Crippen LogP contribution is 2.19. The average Bonchev–Trinajstić information content (AvgIpc) is 2.24. The molecule has 18 heavy (non-hydrogen) atoms. The molecule has 1 fully saturated rings. The van der Waals surface area contributed by atoms with E-state index in [0.29, 0.717) is 0 Å². The summed E-state index contributed by atoms with van der Waals surface area (Å²) in [5.41, 5.74) is 0. The number of rotatable bonds is 3. The smallest absolute Gasteiger partial charge is 0.323 e. The maximum Gasteiger partial charge on any atom is 0.323 e. The Morgan fingerprint density at radius 2 is 1.44 bits per heavy atom. The van der Waals surface area contributed by atoms with E-state index >= 15 is 0 Å². The maximum atomic E-state index is 11.3. The molecule has 1 rings (SSSR count). The van der Waals surface area contributed by atoms with Crippen LogP contribution in [0.5, 0.6) is 0 Å². The third-order valence-electron chi connectivity index (χ3n) is 3.15. The molecule has 0 atom stereocenters. The third-order valence-corrected chi connectivity index (χ3v) is 3.75. The highest BCUT2D eigenvalue weighted by molar-refractivity contribution is 7.86. The second kappa shape index (κ2) is 7.74. The molecule has 1 saturated carbocycles. The summed E-state index contributed by atoms with van der Waals surface area (Å²) in [6, 6.07) is 0. The summed E-state index contributed by atoms with van der Waals surface area (Å²) in [5, 5.41) is 0. The van der Waals surface area contributed by atoms with Gasteiger partial charge in [0, 0.05) is 0 Å². The summed E-state index contributed by atoms with van der Waals surface area (Å²) in [5.74, 6) is -1.79. The predicted octanol–water partition coefficient (Wildman–Crippen LogP) is 2.31. The lowest BCUT2D eigenvalue weighted by Crippen LogP contribution is -2.24. The average molecular weight is 278 g/mol. The van der Waals surface area contributed by atoms with Gasteiger partial charge in [-0.25, -0.2) is 0 Å². The van der Waals surface area contributed by atoms with Gasteiger partial charge in [0.25, 0.3) is 10.1 Å². The van der Waals surface area contributed by atoms with Gasteiger partial charge in [0.1, 0.15) is 6.10 Å². The van der Waals surface area contributed by atoms with Gasteiger partial charge in [0.15, 0.2) is 5.75 Å². The van der Waals surface area contributed by atoms with Gasteiger partial charge in [-0.2, -0.15) is 8.42 Å². The van der Waals surface area contributed by atoms with Gasteiger partial charge >= 0.3 is 5.97 Å². The van der Waals surface area contributed by atoms with Crippen molar-refractivity contribution in [3.63, 3.8) is 0 Å². The summed E-state index contributed by atoms with van der Waals surface area (Å²) < 4.78 is 34.8. The van der Waals surface area contributed by atoms with E-state index < -0.39 is 21.8 Å². The van der Waals surface area contributed by atoms with Gasteiger partial charge in [0.05, 0.1) is 0 Å². The Morgan fingerprint density at radius 3 is 1.89 bits per heavy atom. The highest BCUT2D eigenvalue weighted by Gasteiger charge is 2.19. The molecule has 0 aliphatic heterocycles. The van der Waals surface area contributed by atoms with Crippen LogP contribution in [0.3, 0.4) is 0 Å². The van der Waals surface area contributed by atoms with Gasteiger partial charge in [-0.3, -0.25) is 9.35 Å². The molecule has 1 aliphatic rings. The topological polar surface area (TPSA) is 80.7 Å². The van der Waals surface area contributed by atoms with Crippen molar-refractivity contribution < 1.29 is 22.5 Å². The molecule has 0 amide bonds. The van der Waals surface area contributed by atoms with E-state index in [1.807, 2.05) is 0 Å². The van der Waals surface area contributed by atoms with E-state index in [1.165, 1.54) is 19.3 Å². The Morgan fingerprint density at radius 1 is 1.00 bits per heavy atom. The van der Waals surface area contributed by atoms with Gasteiger partial charge in [-0.15, -0.1) is 0 Å². The Hall–Kier alpha value is -0.620. The van der Waals surface area contributed by atoms with Crippen LogP contribution in [0.25, 0.3) is 0 Å². The Bertz CT molecular complexity index is 339. The minimum atomic E-state index is -4.28. The first-order chi connectivity index (χ1) is 8.47. The number of hydrogen-bond donors (Lipinski definition) is 1. The largest absolute Gasteiger partial charge is 0.462 e. The summed E-state index contributed by atoms with van der Waals surface area (Å²) in [6.45, 7) is 0. The zero-order valence-electron chi connectivity index (χ0n) is 10.6. The fourth-order valence-electron chi connectivity index (χ4n) is 2.26. The molecule has 0 unspecified atom stereocenters. The molecule has 0 aromatic heterocycles. The first-order valence-corrected chi connectivity index (χ1v) is 8.23. The van der Waals surface area contributed by atoms with Crippen LogP contribution in [0.15, 0.2) is 0 Å². The molecule has 5 nitrogen and oxygen atoms in total. The van der Waals surface area contributed by atoms with E-state index in [9.17, 15) is 13.2 Å². The monoisotopic (exact) mass is 278 g/mol. The standard InChI is InChI=1S/C12H22O5S/c13-12(10-18(14,15)16)17-11-8-6-4-2-1-3-5-7-9-11/h11H,1-10H2,(H,14,15,16). The SMILES string of the molecule is O=C(CS(=O)(=O)O)OC1CCCCCCCCC1. The van der Waals surface area contributed by atoms with E-state index in [0.717, 1.165) is 38.5 Å². The molecular weight excluding hydrogens is 256 g/mol. The van der Waals surface area contributed by atoms with Crippen LogP contribution in [-0.2, 0) is 19.6 Å². The number of carbonyl (C=O) groups excluding carboxylic acids is 1. The van der Waals surface area contributed by atoms with Crippen molar-refractivity contribution >= 4 is 16.1 Å². The van der Waals surface area contributed by atoms with Gasteiger partial charge in [-0.05, 0) is 25.7 Å². The quantitative estimate of drug-likeness (QED) is 0.633. The molecule has 0 spiro atoms. The van der Waals surface area contributed by atoms with Crippen molar-refractivity contribution in [1.29, 1.82) is 0 Å². The summed E-state index contributed by atoms with van der Waals surface area (Å²) in [6.07, 6.45) is 9.35. The van der Waals surface area contributed by atoms with Crippen LogP contribution >= 0.6 is 0 Å². The zero-order valence-corrected chi connectivity index (χ0v) is 11.5. The van der Waals surface area contributed by atoms with E-state index in [4.69, 9.17) is 9.29 Å². The van der Waals surface area contributed by atoms with Crippen molar-refractivity contribution in [2.45, 2.75) is 63.9 Å². The van der Waals surface area contributed by atoms with Crippen molar-refractivity contribution in [2.24, 2.45) is 0 Å². The Balaban J connectivity index is 2.38. The van der Waals surface area contributed by atoms with Gasteiger partial charge in [-0.1, -0.05) is 32.1 Å². The second-order valence-corrected chi connectivity index (χ2v) is 6.34. The number of hydrogen-bond acceptors (Lipinski definition) is 4. The fraction of sp³-hybridized carbons (Fsp3) is 0.917. The molecule has 0 saturated heterocycles. The van der Waals surface area contributed by atoms with Crippen molar-refractivity contribution in [3.8, 4) is 0 Å². The van der Waals surface area contributed by atoms with Crippen LogP contribution in [0.4, 0.5) is 0 Å². The molecule has 1 N–H and O–H groups in total. The minimum absolute atomic E-state index is 0.197. The van der Waals surface area contributed by atoms with Gasteiger partial charge < -0.3 is 4.74 Å². The van der Waals surface area contributed by atoms with Gasteiger partial charge in [0.2, 0.25) is 0 Å². The predicted molar refractivity (Wildman–Crippen MR) is 67.8 cm³/mol. The van der Waals surface area contributed by atoms with Crippen LogP contribution < -0.4 is 0 Å². The lowest BCUT2D eigenvalue weighted by molar-refractivity contribution is -0.146. The van der Waals surface area contributed by atoms with Crippen LogP contribution in [-0.4, -0.2) is 30.8 Å². The molecular formula is C12H22O5S. The summed E-state index contributed by atoms with van der Waals surface area (Å²) >= 11 is 0. The van der Waals surface area contributed by atoms with E-state index in [-0.39, 0.29) is 6.10 Å². The molecule has 6 heteroatoms. The minimum Gasteiger partial charge on any atom is -0.462 e. The summed E-state index contributed by atoms with van der Waals surface area (Å²) in [4.78, 5) is 11.3. The van der Waals surface area contributed by atoms with Crippen molar-refractivity contribution in [2.75, 3.05) is 5.75 Å². The van der Waals surface area contributed by atoms with Crippen LogP contribution in [0.1, 0.15) is 57.8 Å². The number of esters is 1. The van der Waals surface area contributed by atoms with Crippen LogP contribution in [0.2, 0.25) is 0 Å². The van der Waals surface area contributed by atoms with E-state index in [1.54, 1.807) is 0 Å². The summed E-state index contributed by atoms with van der Waals surface area (Å²) in [7, 11) is -4.28. The van der Waals surface area contributed by atoms with Crippen LogP contribution in [0, 0.1) is 0 Å². The van der Waals surface area contributed by atoms with E-state index in [2.05, 4.69) is 0 Å².